The van der Waals surface area contributed by atoms with Crippen molar-refractivity contribution in [1.82, 2.24) is 20.4 Å². The van der Waals surface area contributed by atoms with Crippen molar-refractivity contribution in [2.24, 2.45) is 0 Å². The molecule has 1 saturated carbocycles. The summed E-state index contributed by atoms with van der Waals surface area (Å²) in [6.45, 7) is 0.214. The first-order valence-electron chi connectivity index (χ1n) is 6.08. The number of urea groups is 1. The standard InChI is InChI=1S/C12H13N5O2/c18-12(15-9-2-1-5-13-6-9)14-7-10-16-11(17-19-10)8-3-4-8/h1-2,5-6,8H,3-4,7H2,(H2,14,15,18). The third-order valence-corrected chi connectivity index (χ3v) is 2.75. The zero-order chi connectivity index (χ0) is 13.1. The fourth-order valence-electron chi connectivity index (χ4n) is 1.62. The van der Waals surface area contributed by atoms with Gasteiger partial charge in [-0.15, -0.1) is 0 Å². The Labute approximate surface area is 109 Å². The normalized spacial score (nSPS) is 14.1. The summed E-state index contributed by atoms with van der Waals surface area (Å²) in [5.74, 6) is 1.61. The van der Waals surface area contributed by atoms with Crippen LogP contribution in [0.2, 0.25) is 0 Å². The molecule has 0 spiro atoms. The quantitative estimate of drug-likeness (QED) is 0.871. The van der Waals surface area contributed by atoms with Crippen molar-refractivity contribution in [1.29, 1.82) is 0 Å². The minimum absolute atomic E-state index is 0.214. The lowest BCUT2D eigenvalue weighted by atomic mass is 10.4. The van der Waals surface area contributed by atoms with Gasteiger partial charge in [0.1, 0.15) is 0 Å². The van der Waals surface area contributed by atoms with Gasteiger partial charge < -0.3 is 15.2 Å². The molecule has 0 radical (unpaired) electrons. The molecule has 0 bridgehead atoms. The summed E-state index contributed by atoms with van der Waals surface area (Å²) < 4.78 is 5.05. The van der Waals surface area contributed by atoms with Gasteiger partial charge in [-0.3, -0.25) is 4.98 Å². The molecule has 1 fully saturated rings. The number of hydrogen-bond acceptors (Lipinski definition) is 5. The number of rotatable bonds is 4. The van der Waals surface area contributed by atoms with E-state index in [1.807, 2.05) is 0 Å². The SMILES string of the molecule is O=C(NCc1nc(C2CC2)no1)Nc1cccnc1. The van der Waals surface area contributed by atoms with Crippen molar-refractivity contribution < 1.29 is 9.32 Å². The summed E-state index contributed by atoms with van der Waals surface area (Å²) in [4.78, 5) is 19.7. The number of pyridine rings is 1. The first-order valence-corrected chi connectivity index (χ1v) is 6.08. The van der Waals surface area contributed by atoms with E-state index in [2.05, 4.69) is 25.8 Å². The van der Waals surface area contributed by atoms with Crippen molar-refractivity contribution >= 4 is 11.7 Å². The predicted octanol–water partition coefficient (Wildman–Crippen LogP) is 1.66. The Bertz CT molecular complexity index is 565. The molecule has 2 aromatic heterocycles. The molecule has 1 aliphatic carbocycles. The van der Waals surface area contributed by atoms with E-state index < -0.39 is 0 Å². The van der Waals surface area contributed by atoms with Crippen LogP contribution >= 0.6 is 0 Å². The fraction of sp³-hybridized carbons (Fsp3) is 0.333. The van der Waals surface area contributed by atoms with Crippen LogP contribution in [-0.2, 0) is 6.54 Å². The smallest absolute Gasteiger partial charge is 0.319 e. The lowest BCUT2D eigenvalue weighted by Crippen LogP contribution is -2.28. The van der Waals surface area contributed by atoms with Crippen LogP contribution in [-0.4, -0.2) is 21.2 Å². The average molecular weight is 259 g/mol. The van der Waals surface area contributed by atoms with Gasteiger partial charge >= 0.3 is 6.03 Å². The molecule has 2 heterocycles. The molecule has 3 rings (SSSR count). The lowest BCUT2D eigenvalue weighted by Gasteiger charge is -2.04. The number of carbonyl (C=O) groups excluding carboxylic acids is 1. The Morgan fingerprint density at radius 2 is 2.37 bits per heavy atom. The van der Waals surface area contributed by atoms with Crippen molar-refractivity contribution in [3.8, 4) is 0 Å². The van der Waals surface area contributed by atoms with E-state index in [0.717, 1.165) is 18.7 Å². The molecule has 19 heavy (non-hydrogen) atoms. The summed E-state index contributed by atoms with van der Waals surface area (Å²) in [5, 5.41) is 9.17. The minimum atomic E-state index is -0.334. The highest BCUT2D eigenvalue weighted by Crippen LogP contribution is 2.37. The van der Waals surface area contributed by atoms with Crippen molar-refractivity contribution in [3.05, 3.63) is 36.2 Å². The minimum Gasteiger partial charge on any atom is -0.337 e. The Hall–Kier alpha value is -2.44. The van der Waals surface area contributed by atoms with Gasteiger partial charge in [0.15, 0.2) is 5.82 Å². The summed E-state index contributed by atoms with van der Waals surface area (Å²) in [5.41, 5.74) is 0.629. The van der Waals surface area contributed by atoms with E-state index in [-0.39, 0.29) is 12.6 Å². The molecule has 7 heteroatoms. The van der Waals surface area contributed by atoms with Crippen molar-refractivity contribution in [2.75, 3.05) is 5.32 Å². The molecule has 2 amide bonds. The largest absolute Gasteiger partial charge is 0.337 e. The highest BCUT2D eigenvalue weighted by Gasteiger charge is 2.28. The van der Waals surface area contributed by atoms with E-state index in [4.69, 9.17) is 4.52 Å². The summed E-state index contributed by atoms with van der Waals surface area (Å²) >= 11 is 0. The van der Waals surface area contributed by atoms with Crippen molar-refractivity contribution in [3.63, 3.8) is 0 Å². The van der Waals surface area contributed by atoms with Crippen LogP contribution in [0, 0.1) is 0 Å². The molecule has 98 valence electrons. The molecule has 7 nitrogen and oxygen atoms in total. The Kier molecular flexibility index (Phi) is 3.09. The second-order valence-electron chi connectivity index (χ2n) is 4.37. The van der Waals surface area contributed by atoms with Crippen LogP contribution in [0.15, 0.2) is 29.0 Å². The number of carbonyl (C=O) groups is 1. The summed E-state index contributed by atoms with van der Waals surface area (Å²) in [6, 6.07) is 3.17. The highest BCUT2D eigenvalue weighted by atomic mass is 16.5. The molecular weight excluding hydrogens is 246 g/mol. The first kappa shape index (κ1) is 11.6. The van der Waals surface area contributed by atoms with E-state index >= 15 is 0 Å². The number of nitrogens with one attached hydrogen (secondary N) is 2. The molecule has 2 N–H and O–H groups in total. The number of nitrogens with zero attached hydrogens (tertiary/aromatic N) is 3. The fourth-order valence-corrected chi connectivity index (χ4v) is 1.62. The van der Waals surface area contributed by atoms with E-state index in [9.17, 15) is 4.79 Å². The van der Waals surface area contributed by atoms with Gasteiger partial charge in [-0.1, -0.05) is 5.16 Å². The maximum Gasteiger partial charge on any atom is 0.319 e. The van der Waals surface area contributed by atoms with E-state index in [1.165, 1.54) is 0 Å². The number of anilines is 1. The number of hydrogen-bond donors (Lipinski definition) is 2. The zero-order valence-electron chi connectivity index (χ0n) is 10.2. The zero-order valence-corrected chi connectivity index (χ0v) is 10.2. The Morgan fingerprint density at radius 3 is 3.11 bits per heavy atom. The van der Waals surface area contributed by atoms with Crippen molar-refractivity contribution in [2.45, 2.75) is 25.3 Å². The van der Waals surface area contributed by atoms with E-state index in [1.54, 1.807) is 24.5 Å². The van der Waals surface area contributed by atoms with Gasteiger partial charge in [-0.05, 0) is 25.0 Å². The van der Waals surface area contributed by atoms with Gasteiger partial charge in [0, 0.05) is 12.1 Å². The Balaban J connectivity index is 1.49. The van der Waals surface area contributed by atoms with Gasteiger partial charge in [0.25, 0.3) is 0 Å². The number of aromatic nitrogens is 3. The maximum absolute atomic E-state index is 11.6. The topological polar surface area (TPSA) is 92.9 Å². The molecule has 1 aliphatic rings. The third-order valence-electron chi connectivity index (χ3n) is 2.75. The molecule has 2 aromatic rings. The molecule has 0 unspecified atom stereocenters. The van der Waals surface area contributed by atoms with Crippen LogP contribution < -0.4 is 10.6 Å². The van der Waals surface area contributed by atoms with Crippen LogP contribution in [0.25, 0.3) is 0 Å². The van der Waals surface area contributed by atoms with Gasteiger partial charge in [-0.2, -0.15) is 4.98 Å². The highest BCUT2D eigenvalue weighted by molar-refractivity contribution is 5.88. The maximum atomic E-state index is 11.6. The monoisotopic (exact) mass is 259 g/mol. The first-order chi connectivity index (χ1) is 9.31. The van der Waals surface area contributed by atoms with Crippen LogP contribution in [0.3, 0.4) is 0 Å². The van der Waals surface area contributed by atoms with Gasteiger partial charge in [0.2, 0.25) is 5.89 Å². The molecule has 0 atom stereocenters. The lowest BCUT2D eigenvalue weighted by molar-refractivity contribution is 0.249. The Morgan fingerprint density at radius 1 is 1.47 bits per heavy atom. The average Bonchev–Trinajstić information content (AvgIpc) is 3.17. The number of amides is 2. The van der Waals surface area contributed by atoms with Crippen LogP contribution in [0.1, 0.15) is 30.5 Å². The molecule has 0 saturated heterocycles. The van der Waals surface area contributed by atoms with Crippen LogP contribution in [0.4, 0.5) is 10.5 Å². The molecule has 0 aliphatic heterocycles. The molecule has 0 aromatic carbocycles. The second kappa shape index (κ2) is 5.05. The third kappa shape index (κ3) is 3.06. The van der Waals surface area contributed by atoms with E-state index in [0.29, 0.717) is 17.5 Å². The molecular formula is C12H13N5O2. The predicted molar refractivity (Wildman–Crippen MR) is 66.4 cm³/mol. The van der Waals surface area contributed by atoms with Gasteiger partial charge in [-0.25, -0.2) is 4.79 Å². The summed E-state index contributed by atoms with van der Waals surface area (Å²) in [7, 11) is 0. The van der Waals surface area contributed by atoms with Gasteiger partial charge in [0.05, 0.1) is 18.4 Å². The summed E-state index contributed by atoms with van der Waals surface area (Å²) in [6.07, 6.45) is 5.44. The van der Waals surface area contributed by atoms with Crippen LogP contribution in [0.5, 0.6) is 0 Å². The second-order valence-corrected chi connectivity index (χ2v) is 4.37.